The van der Waals surface area contributed by atoms with Crippen molar-refractivity contribution in [1.82, 2.24) is 5.32 Å². The molecule has 0 aromatic heterocycles. The lowest BCUT2D eigenvalue weighted by molar-refractivity contribution is -0.131. The standard InChI is InChI=1S/C26H26N2O5/c1-18(29)33-23-8-5-7-20(16-23)26(31)27-17-21-6-3-4-9-24(21)28-25(30)15-12-19-10-13-22(32-2)14-11-19/h3-11,13-14,16H,12,15,17H2,1-2H3,(H,27,31)(H,28,30). The first kappa shape index (κ1) is 23.5. The van der Waals surface area contributed by atoms with Crippen molar-refractivity contribution >= 4 is 23.5 Å². The molecule has 0 spiro atoms. The van der Waals surface area contributed by atoms with Crippen LogP contribution in [0.5, 0.6) is 11.5 Å². The zero-order valence-electron chi connectivity index (χ0n) is 18.6. The third-order valence-electron chi connectivity index (χ3n) is 4.89. The molecule has 0 heterocycles. The van der Waals surface area contributed by atoms with E-state index in [4.69, 9.17) is 9.47 Å². The molecule has 0 aliphatic carbocycles. The molecule has 7 heteroatoms. The molecular weight excluding hydrogens is 420 g/mol. The Morgan fingerprint density at radius 1 is 0.879 bits per heavy atom. The molecule has 0 aliphatic heterocycles. The number of hydrogen-bond donors (Lipinski definition) is 2. The molecule has 170 valence electrons. The molecule has 3 rings (SSSR count). The van der Waals surface area contributed by atoms with Crippen molar-refractivity contribution in [2.24, 2.45) is 0 Å². The fourth-order valence-corrected chi connectivity index (χ4v) is 3.20. The van der Waals surface area contributed by atoms with E-state index in [0.29, 0.717) is 29.8 Å². The third kappa shape index (κ3) is 7.21. The van der Waals surface area contributed by atoms with Crippen molar-refractivity contribution in [3.05, 3.63) is 89.5 Å². The minimum absolute atomic E-state index is 0.112. The minimum atomic E-state index is -0.454. The van der Waals surface area contributed by atoms with Gasteiger partial charge in [0.25, 0.3) is 5.91 Å². The Bertz CT molecular complexity index is 1130. The molecule has 3 aromatic carbocycles. The second kappa shape index (κ2) is 11.5. The van der Waals surface area contributed by atoms with Crippen molar-refractivity contribution in [3.63, 3.8) is 0 Å². The number of para-hydroxylation sites is 1. The first-order chi connectivity index (χ1) is 15.9. The topological polar surface area (TPSA) is 93.7 Å². The van der Waals surface area contributed by atoms with Gasteiger partial charge in [0.2, 0.25) is 5.91 Å². The first-order valence-electron chi connectivity index (χ1n) is 10.5. The number of methoxy groups -OCH3 is 1. The van der Waals surface area contributed by atoms with E-state index in [1.165, 1.54) is 13.0 Å². The summed E-state index contributed by atoms with van der Waals surface area (Å²) < 4.78 is 10.2. The quantitative estimate of drug-likeness (QED) is 0.381. The van der Waals surface area contributed by atoms with Crippen LogP contribution in [0.2, 0.25) is 0 Å². The molecule has 0 unspecified atom stereocenters. The van der Waals surface area contributed by atoms with Crippen molar-refractivity contribution in [1.29, 1.82) is 0 Å². The van der Waals surface area contributed by atoms with Gasteiger partial charge in [0, 0.05) is 31.1 Å². The molecule has 2 N–H and O–H groups in total. The van der Waals surface area contributed by atoms with E-state index in [1.54, 1.807) is 31.4 Å². The highest BCUT2D eigenvalue weighted by molar-refractivity contribution is 5.95. The summed E-state index contributed by atoms with van der Waals surface area (Å²) in [6.45, 7) is 1.53. The van der Waals surface area contributed by atoms with Gasteiger partial charge in [0.15, 0.2) is 0 Å². The predicted molar refractivity (Wildman–Crippen MR) is 125 cm³/mol. The average Bonchev–Trinajstić information content (AvgIpc) is 2.82. The molecular formula is C26H26N2O5. The molecule has 0 saturated heterocycles. The third-order valence-corrected chi connectivity index (χ3v) is 4.89. The summed E-state index contributed by atoms with van der Waals surface area (Å²) in [4.78, 5) is 36.1. The number of carbonyl (C=O) groups is 3. The first-order valence-corrected chi connectivity index (χ1v) is 10.5. The molecule has 0 radical (unpaired) electrons. The summed E-state index contributed by atoms with van der Waals surface area (Å²) in [5.74, 6) is 0.199. The molecule has 0 atom stereocenters. The van der Waals surface area contributed by atoms with E-state index in [0.717, 1.165) is 16.9 Å². The number of anilines is 1. The largest absolute Gasteiger partial charge is 0.497 e. The van der Waals surface area contributed by atoms with Gasteiger partial charge in [-0.05, 0) is 53.9 Å². The number of nitrogens with one attached hydrogen (secondary N) is 2. The van der Waals surface area contributed by atoms with Gasteiger partial charge in [-0.15, -0.1) is 0 Å². The second-order valence-electron chi connectivity index (χ2n) is 7.36. The Kier molecular flexibility index (Phi) is 8.18. The Morgan fingerprint density at radius 2 is 1.64 bits per heavy atom. The SMILES string of the molecule is COc1ccc(CCC(=O)Nc2ccccc2CNC(=O)c2cccc(OC(C)=O)c2)cc1. The van der Waals surface area contributed by atoms with Crippen LogP contribution in [0.25, 0.3) is 0 Å². The van der Waals surface area contributed by atoms with Gasteiger partial charge in [0.1, 0.15) is 11.5 Å². The summed E-state index contributed by atoms with van der Waals surface area (Å²) in [5, 5.41) is 5.76. The number of hydrogen-bond acceptors (Lipinski definition) is 5. The molecule has 0 bridgehead atoms. The van der Waals surface area contributed by atoms with Gasteiger partial charge in [0.05, 0.1) is 7.11 Å². The Labute approximate surface area is 192 Å². The maximum Gasteiger partial charge on any atom is 0.308 e. The van der Waals surface area contributed by atoms with Gasteiger partial charge in [-0.1, -0.05) is 36.4 Å². The smallest absolute Gasteiger partial charge is 0.308 e. The van der Waals surface area contributed by atoms with E-state index >= 15 is 0 Å². The van der Waals surface area contributed by atoms with Gasteiger partial charge < -0.3 is 20.1 Å². The molecule has 33 heavy (non-hydrogen) atoms. The van der Waals surface area contributed by atoms with E-state index in [9.17, 15) is 14.4 Å². The molecule has 0 aliphatic rings. The van der Waals surface area contributed by atoms with Gasteiger partial charge >= 0.3 is 5.97 Å². The zero-order chi connectivity index (χ0) is 23.6. The number of ether oxygens (including phenoxy) is 2. The van der Waals surface area contributed by atoms with Gasteiger partial charge in [-0.2, -0.15) is 0 Å². The van der Waals surface area contributed by atoms with Crippen LogP contribution in [0.1, 0.15) is 34.8 Å². The molecule has 7 nitrogen and oxygen atoms in total. The lowest BCUT2D eigenvalue weighted by Crippen LogP contribution is -2.24. The lowest BCUT2D eigenvalue weighted by Gasteiger charge is -2.12. The maximum absolute atomic E-state index is 12.5. The van der Waals surface area contributed by atoms with Crippen molar-refractivity contribution in [2.75, 3.05) is 12.4 Å². The van der Waals surface area contributed by atoms with Crippen LogP contribution < -0.4 is 20.1 Å². The fraction of sp³-hybridized carbons (Fsp3) is 0.192. The Balaban J connectivity index is 1.56. The number of carbonyl (C=O) groups excluding carboxylic acids is 3. The monoisotopic (exact) mass is 446 g/mol. The lowest BCUT2D eigenvalue weighted by atomic mass is 10.1. The number of rotatable bonds is 9. The predicted octanol–water partition coefficient (Wildman–Crippen LogP) is 4.12. The Hall–Kier alpha value is -4.13. The van der Waals surface area contributed by atoms with Gasteiger partial charge in [-0.25, -0.2) is 0 Å². The summed E-state index contributed by atoms with van der Waals surface area (Å²) in [6.07, 6.45) is 0.934. The number of benzene rings is 3. The van der Waals surface area contributed by atoms with Crippen molar-refractivity contribution in [2.45, 2.75) is 26.3 Å². The van der Waals surface area contributed by atoms with Crippen LogP contribution >= 0.6 is 0 Å². The van der Waals surface area contributed by atoms with Crippen LogP contribution in [0.3, 0.4) is 0 Å². The van der Waals surface area contributed by atoms with Crippen LogP contribution in [-0.4, -0.2) is 24.9 Å². The highest BCUT2D eigenvalue weighted by Crippen LogP contribution is 2.18. The van der Waals surface area contributed by atoms with Crippen molar-refractivity contribution < 1.29 is 23.9 Å². The fourth-order valence-electron chi connectivity index (χ4n) is 3.20. The zero-order valence-corrected chi connectivity index (χ0v) is 18.6. The van der Waals surface area contributed by atoms with Crippen LogP contribution in [0.15, 0.2) is 72.8 Å². The molecule has 0 fully saturated rings. The number of amides is 2. The highest BCUT2D eigenvalue weighted by Gasteiger charge is 2.11. The summed E-state index contributed by atoms with van der Waals surface area (Å²) in [6, 6.07) is 21.3. The summed E-state index contributed by atoms with van der Waals surface area (Å²) >= 11 is 0. The van der Waals surface area contributed by atoms with Crippen LogP contribution in [0.4, 0.5) is 5.69 Å². The van der Waals surface area contributed by atoms with Gasteiger partial charge in [-0.3, -0.25) is 14.4 Å². The Morgan fingerprint density at radius 3 is 2.36 bits per heavy atom. The number of aryl methyl sites for hydroxylation is 1. The maximum atomic E-state index is 12.5. The van der Waals surface area contributed by atoms with E-state index in [2.05, 4.69) is 10.6 Å². The summed E-state index contributed by atoms with van der Waals surface area (Å²) in [5.41, 5.74) is 2.84. The highest BCUT2D eigenvalue weighted by atomic mass is 16.5. The summed E-state index contributed by atoms with van der Waals surface area (Å²) in [7, 11) is 1.61. The normalized spacial score (nSPS) is 10.2. The van der Waals surface area contributed by atoms with E-state index in [-0.39, 0.29) is 18.4 Å². The van der Waals surface area contributed by atoms with E-state index < -0.39 is 5.97 Å². The second-order valence-corrected chi connectivity index (χ2v) is 7.36. The molecule has 0 saturated carbocycles. The minimum Gasteiger partial charge on any atom is -0.497 e. The van der Waals surface area contributed by atoms with Crippen molar-refractivity contribution in [3.8, 4) is 11.5 Å². The van der Waals surface area contributed by atoms with Crippen LogP contribution in [-0.2, 0) is 22.6 Å². The van der Waals surface area contributed by atoms with Crippen LogP contribution in [0, 0.1) is 0 Å². The average molecular weight is 447 g/mol. The van der Waals surface area contributed by atoms with E-state index in [1.807, 2.05) is 42.5 Å². The number of esters is 1. The molecule has 3 aromatic rings. The molecule has 2 amide bonds.